The van der Waals surface area contributed by atoms with Crippen molar-refractivity contribution in [1.82, 2.24) is 10.3 Å². The first-order chi connectivity index (χ1) is 12.5. The number of carbonyl (C=O) groups excluding carboxylic acids is 1. The van der Waals surface area contributed by atoms with Crippen LogP contribution in [0.15, 0.2) is 54.7 Å². The van der Waals surface area contributed by atoms with Crippen LogP contribution in [0.5, 0.6) is 0 Å². The van der Waals surface area contributed by atoms with E-state index in [0.717, 1.165) is 22.0 Å². The summed E-state index contributed by atoms with van der Waals surface area (Å²) in [5.74, 6) is 0. The van der Waals surface area contributed by atoms with E-state index in [4.69, 9.17) is 4.74 Å². The maximum absolute atomic E-state index is 11.7. The topological polar surface area (TPSA) is 94.6 Å². The van der Waals surface area contributed by atoms with Gasteiger partial charge in [0.1, 0.15) is 18.8 Å². The van der Waals surface area contributed by atoms with Gasteiger partial charge in [-0.05, 0) is 24.1 Å². The second kappa shape index (κ2) is 8.03. The normalized spacial score (nSPS) is 13.3. The second-order valence-corrected chi connectivity index (χ2v) is 6.25. The Hall–Kier alpha value is -2.83. The number of rotatable bonds is 6. The molecule has 0 spiro atoms. The van der Waals surface area contributed by atoms with Gasteiger partial charge in [-0.15, -0.1) is 0 Å². The van der Waals surface area contributed by atoms with Crippen LogP contribution in [0.25, 0.3) is 10.9 Å². The molecule has 1 heterocycles. The van der Waals surface area contributed by atoms with Crippen LogP contribution < -0.4 is 5.32 Å². The van der Waals surface area contributed by atoms with Crippen LogP contribution >= 0.6 is 0 Å². The maximum atomic E-state index is 11.7. The van der Waals surface area contributed by atoms with E-state index >= 15 is 0 Å². The van der Waals surface area contributed by atoms with Crippen molar-refractivity contribution in [2.24, 2.45) is 0 Å². The fourth-order valence-electron chi connectivity index (χ4n) is 2.79. The van der Waals surface area contributed by atoms with E-state index in [2.05, 4.69) is 10.3 Å². The number of aliphatic hydroxyl groups is 2. The lowest BCUT2D eigenvalue weighted by Gasteiger charge is -2.18. The minimum Gasteiger partial charge on any atom is -0.445 e. The van der Waals surface area contributed by atoms with Crippen molar-refractivity contribution in [2.75, 3.05) is 6.54 Å². The highest BCUT2D eigenvalue weighted by atomic mass is 16.5. The van der Waals surface area contributed by atoms with E-state index in [1.54, 1.807) is 6.20 Å². The van der Waals surface area contributed by atoms with E-state index in [9.17, 15) is 15.0 Å². The molecule has 2 unspecified atom stereocenters. The van der Waals surface area contributed by atoms with Crippen molar-refractivity contribution in [3.63, 3.8) is 0 Å². The number of benzene rings is 2. The lowest BCUT2D eigenvalue weighted by Crippen LogP contribution is -2.35. The van der Waals surface area contributed by atoms with Crippen LogP contribution in [0, 0.1) is 6.92 Å². The molecule has 0 fully saturated rings. The first kappa shape index (κ1) is 18.0. The van der Waals surface area contributed by atoms with Crippen molar-refractivity contribution in [3.8, 4) is 0 Å². The number of nitrogens with one attached hydrogen (secondary N) is 2. The lowest BCUT2D eigenvalue weighted by molar-refractivity contribution is 0.0192. The van der Waals surface area contributed by atoms with E-state index in [1.165, 1.54) is 0 Å². The van der Waals surface area contributed by atoms with Crippen molar-refractivity contribution in [2.45, 2.75) is 25.7 Å². The molecule has 26 heavy (non-hydrogen) atoms. The van der Waals surface area contributed by atoms with Gasteiger partial charge in [-0.25, -0.2) is 4.79 Å². The molecule has 0 saturated carbocycles. The summed E-state index contributed by atoms with van der Waals surface area (Å²) in [7, 11) is 0. The average molecular weight is 354 g/mol. The van der Waals surface area contributed by atoms with Crippen molar-refractivity contribution < 1.29 is 19.7 Å². The monoisotopic (exact) mass is 354 g/mol. The Kier molecular flexibility index (Phi) is 5.55. The number of aromatic nitrogens is 1. The highest BCUT2D eigenvalue weighted by Crippen LogP contribution is 2.26. The second-order valence-electron chi connectivity index (χ2n) is 6.25. The minimum atomic E-state index is -1.15. The largest absolute Gasteiger partial charge is 0.445 e. The molecule has 0 aliphatic rings. The van der Waals surface area contributed by atoms with Gasteiger partial charge in [-0.2, -0.15) is 0 Å². The Balaban J connectivity index is 1.53. The smallest absolute Gasteiger partial charge is 0.407 e. The quantitative estimate of drug-likeness (QED) is 0.547. The zero-order valence-corrected chi connectivity index (χ0v) is 14.5. The molecule has 1 amide bonds. The minimum absolute atomic E-state index is 0.118. The fourth-order valence-corrected chi connectivity index (χ4v) is 2.79. The molecule has 2 atom stereocenters. The molecule has 2 aromatic carbocycles. The zero-order valence-electron chi connectivity index (χ0n) is 14.5. The highest BCUT2D eigenvalue weighted by Gasteiger charge is 2.22. The van der Waals surface area contributed by atoms with Gasteiger partial charge in [-0.1, -0.05) is 42.5 Å². The Bertz CT molecular complexity index is 876. The number of hydrogen-bond donors (Lipinski definition) is 4. The highest BCUT2D eigenvalue weighted by molar-refractivity contribution is 5.84. The molecule has 0 bridgehead atoms. The van der Waals surface area contributed by atoms with E-state index in [-0.39, 0.29) is 13.2 Å². The fraction of sp³-hybridized carbons (Fsp3) is 0.250. The summed E-state index contributed by atoms with van der Waals surface area (Å²) in [6, 6.07) is 15.1. The van der Waals surface area contributed by atoms with Crippen LogP contribution in [0.1, 0.15) is 22.8 Å². The molecule has 6 heteroatoms. The summed E-state index contributed by atoms with van der Waals surface area (Å²) in [5.41, 5.74) is 3.45. The Morgan fingerprint density at radius 3 is 2.73 bits per heavy atom. The third kappa shape index (κ3) is 4.22. The van der Waals surface area contributed by atoms with Crippen molar-refractivity contribution >= 4 is 17.0 Å². The van der Waals surface area contributed by atoms with Crippen LogP contribution in [-0.2, 0) is 11.3 Å². The first-order valence-electron chi connectivity index (χ1n) is 8.43. The third-order valence-electron chi connectivity index (χ3n) is 4.22. The van der Waals surface area contributed by atoms with E-state index in [1.807, 2.05) is 55.5 Å². The number of amides is 1. The van der Waals surface area contributed by atoms with Gasteiger partial charge in [0.05, 0.1) is 0 Å². The molecule has 0 saturated heterocycles. The number of aryl methyl sites for hydroxylation is 1. The summed E-state index contributed by atoms with van der Waals surface area (Å²) in [6.07, 6.45) is -1.25. The summed E-state index contributed by atoms with van der Waals surface area (Å²) in [6.45, 7) is 2.01. The number of ether oxygens (including phenoxy) is 1. The molecule has 0 aliphatic carbocycles. The Morgan fingerprint density at radius 2 is 1.96 bits per heavy atom. The molecule has 1 aromatic heterocycles. The number of fused-ring (bicyclic) bond motifs is 1. The zero-order chi connectivity index (χ0) is 18.5. The molecule has 3 rings (SSSR count). The van der Waals surface area contributed by atoms with Gasteiger partial charge in [0.15, 0.2) is 0 Å². The van der Waals surface area contributed by atoms with Gasteiger partial charge >= 0.3 is 6.09 Å². The number of aromatic amines is 1. The van der Waals surface area contributed by atoms with E-state index in [0.29, 0.717) is 5.56 Å². The Labute approximate surface area is 151 Å². The summed E-state index contributed by atoms with van der Waals surface area (Å²) in [4.78, 5) is 14.8. The average Bonchev–Trinajstić information content (AvgIpc) is 3.07. The number of carbonyl (C=O) groups is 1. The molecule has 6 nitrogen and oxygen atoms in total. The maximum Gasteiger partial charge on any atom is 0.407 e. The molecule has 4 N–H and O–H groups in total. The SMILES string of the molecule is Cc1ccc2c(C(O)C(O)CNC(=O)OCc3ccccc3)c[nH]c2c1. The number of aliphatic hydroxyl groups excluding tert-OH is 2. The predicted octanol–water partition coefficient (Wildman–Crippen LogP) is 2.80. The third-order valence-corrected chi connectivity index (χ3v) is 4.22. The van der Waals surface area contributed by atoms with Crippen LogP contribution in [0.4, 0.5) is 4.79 Å². The van der Waals surface area contributed by atoms with Gasteiger partial charge < -0.3 is 25.3 Å². The van der Waals surface area contributed by atoms with Crippen molar-refractivity contribution in [1.29, 1.82) is 0 Å². The van der Waals surface area contributed by atoms with Gasteiger partial charge in [0.25, 0.3) is 0 Å². The standard InChI is InChI=1S/C20H22N2O4/c1-13-7-8-15-16(10-21-17(15)9-13)19(24)18(23)11-22-20(25)26-12-14-5-3-2-4-6-14/h2-10,18-19,21,23-24H,11-12H2,1H3,(H,22,25). The van der Waals surface area contributed by atoms with Gasteiger partial charge in [-0.3, -0.25) is 0 Å². The Morgan fingerprint density at radius 1 is 1.19 bits per heavy atom. The molecule has 0 aliphatic heterocycles. The predicted molar refractivity (Wildman–Crippen MR) is 98.6 cm³/mol. The molecule has 0 radical (unpaired) electrons. The molecule has 3 aromatic rings. The van der Waals surface area contributed by atoms with Crippen LogP contribution in [0.3, 0.4) is 0 Å². The summed E-state index contributed by atoms with van der Waals surface area (Å²) in [5, 5.41) is 23.9. The molecule has 136 valence electrons. The molecular formula is C20H22N2O4. The van der Waals surface area contributed by atoms with Gasteiger partial charge in [0, 0.05) is 29.2 Å². The van der Waals surface area contributed by atoms with Crippen LogP contribution in [-0.4, -0.2) is 33.9 Å². The summed E-state index contributed by atoms with van der Waals surface area (Å²) < 4.78 is 5.08. The number of hydrogen-bond acceptors (Lipinski definition) is 4. The van der Waals surface area contributed by atoms with Crippen molar-refractivity contribution in [3.05, 3.63) is 71.4 Å². The van der Waals surface area contributed by atoms with E-state index < -0.39 is 18.3 Å². The van der Waals surface area contributed by atoms with Gasteiger partial charge in [0.2, 0.25) is 0 Å². The lowest BCUT2D eigenvalue weighted by atomic mass is 10.0. The number of alkyl carbamates (subject to hydrolysis) is 1. The number of H-pyrrole nitrogens is 1. The summed E-state index contributed by atoms with van der Waals surface area (Å²) >= 11 is 0. The van der Waals surface area contributed by atoms with Crippen LogP contribution in [0.2, 0.25) is 0 Å². The molecular weight excluding hydrogens is 332 g/mol. The first-order valence-corrected chi connectivity index (χ1v) is 8.43.